The molecule has 0 aliphatic heterocycles. The van der Waals surface area contributed by atoms with Crippen LogP contribution in [0.4, 0.5) is 16.4 Å². The first-order chi connectivity index (χ1) is 9.65. The molecule has 0 radical (unpaired) electrons. The molecule has 100 valence electrons. The molecule has 0 atom stereocenters. The Morgan fingerprint density at radius 3 is 2.60 bits per heavy atom. The number of amides is 2. The van der Waals surface area contributed by atoms with Crippen LogP contribution in [-0.4, -0.2) is 15.4 Å². The van der Waals surface area contributed by atoms with Crippen LogP contribution in [0.1, 0.15) is 0 Å². The van der Waals surface area contributed by atoms with E-state index < -0.39 is 6.03 Å². The number of nitrogen functional groups attached to an aromatic ring is 1. The lowest BCUT2D eigenvalue weighted by molar-refractivity contribution is 0.259. The van der Waals surface area contributed by atoms with E-state index in [1.54, 1.807) is 18.3 Å². The van der Waals surface area contributed by atoms with Crippen LogP contribution >= 0.6 is 0 Å². The molecule has 2 amide bonds. The van der Waals surface area contributed by atoms with Gasteiger partial charge in [-0.2, -0.15) is 0 Å². The summed E-state index contributed by atoms with van der Waals surface area (Å²) in [5.41, 5.74) is 14.4. The fourth-order valence-electron chi connectivity index (χ4n) is 2.16. The molecule has 0 fully saturated rings. The molecule has 20 heavy (non-hydrogen) atoms. The standard InChI is InChI=1S/C14H13N5O/c15-13-17-8-11-2-1-3-12(19(11)13)9-4-6-10(7-5-9)18-14(16)20/h1-8H,(H2,15,17)(H3,16,18,20). The molecule has 0 saturated heterocycles. The smallest absolute Gasteiger partial charge is 0.316 e. The van der Waals surface area contributed by atoms with Gasteiger partial charge in [0, 0.05) is 5.69 Å². The molecule has 6 heteroatoms. The number of nitrogens with zero attached hydrogens (tertiary/aromatic N) is 2. The van der Waals surface area contributed by atoms with E-state index in [2.05, 4.69) is 10.3 Å². The second kappa shape index (κ2) is 4.58. The van der Waals surface area contributed by atoms with Crippen LogP contribution in [0.2, 0.25) is 0 Å². The van der Waals surface area contributed by atoms with Crippen molar-refractivity contribution in [3.63, 3.8) is 0 Å². The van der Waals surface area contributed by atoms with E-state index in [0.717, 1.165) is 16.8 Å². The summed E-state index contributed by atoms with van der Waals surface area (Å²) in [6, 6.07) is 12.6. The number of nitrogens with one attached hydrogen (secondary N) is 1. The average molecular weight is 267 g/mol. The number of carbonyl (C=O) groups excluding carboxylic acids is 1. The number of aromatic nitrogens is 2. The van der Waals surface area contributed by atoms with Crippen molar-refractivity contribution in [1.82, 2.24) is 9.38 Å². The van der Waals surface area contributed by atoms with Crippen LogP contribution in [-0.2, 0) is 0 Å². The molecule has 1 aromatic carbocycles. The zero-order valence-corrected chi connectivity index (χ0v) is 10.6. The minimum Gasteiger partial charge on any atom is -0.369 e. The SMILES string of the molecule is NC(=O)Nc1ccc(-c2cccc3cnc(N)n23)cc1. The highest BCUT2D eigenvalue weighted by Gasteiger charge is 2.07. The van der Waals surface area contributed by atoms with Crippen molar-refractivity contribution in [3.8, 4) is 11.3 Å². The molecule has 6 nitrogen and oxygen atoms in total. The van der Waals surface area contributed by atoms with Gasteiger partial charge in [0.2, 0.25) is 5.95 Å². The molecule has 3 rings (SSSR count). The van der Waals surface area contributed by atoms with Crippen molar-refractivity contribution in [2.24, 2.45) is 5.73 Å². The number of primary amides is 1. The fraction of sp³-hybridized carbons (Fsp3) is 0. The van der Waals surface area contributed by atoms with Gasteiger partial charge in [-0.3, -0.25) is 4.40 Å². The summed E-state index contributed by atoms with van der Waals surface area (Å²) in [5, 5.41) is 2.52. The number of hydrogen-bond donors (Lipinski definition) is 3. The second-order valence-electron chi connectivity index (χ2n) is 4.35. The van der Waals surface area contributed by atoms with Crippen molar-refractivity contribution in [2.75, 3.05) is 11.1 Å². The maximum absolute atomic E-state index is 10.8. The zero-order valence-electron chi connectivity index (χ0n) is 10.6. The summed E-state index contributed by atoms with van der Waals surface area (Å²) >= 11 is 0. The molecule has 0 saturated carbocycles. The van der Waals surface area contributed by atoms with Gasteiger partial charge in [-0.1, -0.05) is 18.2 Å². The Morgan fingerprint density at radius 2 is 1.90 bits per heavy atom. The number of pyridine rings is 1. The van der Waals surface area contributed by atoms with Gasteiger partial charge in [-0.05, 0) is 29.8 Å². The average Bonchev–Trinajstić information content (AvgIpc) is 2.81. The van der Waals surface area contributed by atoms with E-state index in [9.17, 15) is 4.79 Å². The highest BCUT2D eigenvalue weighted by atomic mass is 16.2. The van der Waals surface area contributed by atoms with Crippen molar-refractivity contribution in [3.05, 3.63) is 48.7 Å². The van der Waals surface area contributed by atoms with E-state index >= 15 is 0 Å². The predicted molar refractivity (Wildman–Crippen MR) is 78.2 cm³/mol. The van der Waals surface area contributed by atoms with Crippen molar-refractivity contribution in [2.45, 2.75) is 0 Å². The van der Waals surface area contributed by atoms with E-state index in [0.29, 0.717) is 11.6 Å². The molecule has 5 N–H and O–H groups in total. The molecule has 2 heterocycles. The lowest BCUT2D eigenvalue weighted by Gasteiger charge is -2.08. The number of rotatable bonds is 2. The maximum Gasteiger partial charge on any atom is 0.316 e. The first kappa shape index (κ1) is 12.0. The van der Waals surface area contributed by atoms with Crippen LogP contribution < -0.4 is 16.8 Å². The molecule has 0 aliphatic carbocycles. The number of fused-ring (bicyclic) bond motifs is 1. The van der Waals surface area contributed by atoms with E-state index in [1.807, 2.05) is 34.7 Å². The van der Waals surface area contributed by atoms with Gasteiger partial charge in [-0.25, -0.2) is 9.78 Å². The summed E-state index contributed by atoms with van der Waals surface area (Å²) in [5.74, 6) is 0.440. The Morgan fingerprint density at radius 1 is 1.15 bits per heavy atom. The minimum absolute atomic E-state index is 0.440. The van der Waals surface area contributed by atoms with Crippen LogP contribution in [0.15, 0.2) is 48.7 Å². The van der Waals surface area contributed by atoms with E-state index in [4.69, 9.17) is 11.5 Å². The van der Waals surface area contributed by atoms with Gasteiger partial charge in [-0.15, -0.1) is 0 Å². The van der Waals surface area contributed by atoms with Crippen LogP contribution in [0.3, 0.4) is 0 Å². The molecular formula is C14H13N5O. The van der Waals surface area contributed by atoms with Gasteiger partial charge in [0.15, 0.2) is 0 Å². The summed E-state index contributed by atoms with van der Waals surface area (Å²) < 4.78 is 1.87. The highest BCUT2D eigenvalue weighted by molar-refractivity contribution is 5.88. The Hall–Kier alpha value is -3.02. The van der Waals surface area contributed by atoms with Crippen molar-refractivity contribution in [1.29, 1.82) is 0 Å². The lowest BCUT2D eigenvalue weighted by Crippen LogP contribution is -2.19. The van der Waals surface area contributed by atoms with Gasteiger partial charge >= 0.3 is 6.03 Å². The lowest BCUT2D eigenvalue weighted by atomic mass is 10.1. The molecule has 0 aliphatic rings. The van der Waals surface area contributed by atoms with Gasteiger partial charge in [0.25, 0.3) is 0 Å². The molecule has 0 bridgehead atoms. The Kier molecular flexibility index (Phi) is 2.76. The van der Waals surface area contributed by atoms with Crippen LogP contribution in [0.5, 0.6) is 0 Å². The minimum atomic E-state index is -0.585. The number of hydrogen-bond acceptors (Lipinski definition) is 3. The second-order valence-corrected chi connectivity index (χ2v) is 4.35. The third-order valence-corrected chi connectivity index (χ3v) is 3.03. The van der Waals surface area contributed by atoms with E-state index in [-0.39, 0.29) is 0 Å². The van der Waals surface area contributed by atoms with Crippen LogP contribution in [0.25, 0.3) is 16.8 Å². The highest BCUT2D eigenvalue weighted by Crippen LogP contribution is 2.24. The molecule has 3 aromatic rings. The number of urea groups is 1. The summed E-state index contributed by atoms with van der Waals surface area (Å²) in [7, 11) is 0. The van der Waals surface area contributed by atoms with Crippen molar-refractivity contribution < 1.29 is 4.79 Å². The Bertz CT molecular complexity index is 776. The number of imidazole rings is 1. The zero-order chi connectivity index (χ0) is 14.1. The van der Waals surface area contributed by atoms with Gasteiger partial charge < -0.3 is 16.8 Å². The van der Waals surface area contributed by atoms with Gasteiger partial charge in [0.1, 0.15) is 0 Å². The molecule has 0 spiro atoms. The topological polar surface area (TPSA) is 98.4 Å². The van der Waals surface area contributed by atoms with E-state index in [1.165, 1.54) is 0 Å². The Labute approximate surface area is 115 Å². The largest absolute Gasteiger partial charge is 0.369 e. The number of benzene rings is 1. The third kappa shape index (κ3) is 2.03. The first-order valence-corrected chi connectivity index (χ1v) is 6.04. The molecular weight excluding hydrogens is 254 g/mol. The monoisotopic (exact) mass is 267 g/mol. The summed E-state index contributed by atoms with van der Waals surface area (Å²) in [6.45, 7) is 0. The summed E-state index contributed by atoms with van der Waals surface area (Å²) in [6.07, 6.45) is 1.72. The summed E-state index contributed by atoms with van der Waals surface area (Å²) in [4.78, 5) is 14.9. The number of nitrogens with two attached hydrogens (primary N) is 2. The van der Waals surface area contributed by atoms with Crippen molar-refractivity contribution >= 4 is 23.2 Å². The third-order valence-electron chi connectivity index (χ3n) is 3.03. The number of carbonyl (C=O) groups is 1. The molecule has 0 unspecified atom stereocenters. The first-order valence-electron chi connectivity index (χ1n) is 6.04. The van der Waals surface area contributed by atoms with Gasteiger partial charge in [0.05, 0.1) is 17.4 Å². The predicted octanol–water partition coefficient (Wildman–Crippen LogP) is 2.07. The quantitative estimate of drug-likeness (QED) is 0.662. The Balaban J connectivity index is 2.07. The normalized spacial score (nSPS) is 10.6. The van der Waals surface area contributed by atoms with Crippen LogP contribution in [0, 0.1) is 0 Å². The molecule has 2 aromatic heterocycles. The maximum atomic E-state index is 10.8. The number of anilines is 2. The fourth-order valence-corrected chi connectivity index (χ4v) is 2.16.